The van der Waals surface area contributed by atoms with Gasteiger partial charge in [0.15, 0.2) is 5.82 Å². The summed E-state index contributed by atoms with van der Waals surface area (Å²) in [4.78, 5) is 35.6. The van der Waals surface area contributed by atoms with Crippen LogP contribution in [0.5, 0.6) is 0 Å². The van der Waals surface area contributed by atoms with E-state index < -0.39 is 24.0 Å². The number of hydrogen-bond acceptors (Lipinski definition) is 9. The summed E-state index contributed by atoms with van der Waals surface area (Å²) in [6.07, 6.45) is 4.76. The number of rotatable bonds is 10. The zero-order valence-electron chi connectivity index (χ0n) is 24.1. The third-order valence-electron chi connectivity index (χ3n) is 7.46. The van der Waals surface area contributed by atoms with Crippen LogP contribution < -0.4 is 16.0 Å². The van der Waals surface area contributed by atoms with Crippen LogP contribution in [0.3, 0.4) is 0 Å². The molecule has 44 heavy (non-hydrogen) atoms. The third kappa shape index (κ3) is 7.50. The molecule has 0 aliphatic carbocycles. The normalized spacial score (nSPS) is 14.7. The van der Waals surface area contributed by atoms with Crippen molar-refractivity contribution in [3.8, 4) is 11.3 Å². The Bertz CT molecular complexity index is 1590. The molecule has 1 aliphatic heterocycles. The smallest absolute Gasteiger partial charge is 0.254 e. The van der Waals surface area contributed by atoms with Crippen molar-refractivity contribution in [1.82, 2.24) is 35.1 Å². The monoisotopic (exact) mass is 631 g/mol. The number of benzene rings is 1. The molecule has 1 aromatic carbocycles. The molecule has 0 radical (unpaired) electrons. The van der Waals surface area contributed by atoms with Gasteiger partial charge < -0.3 is 16.0 Å². The summed E-state index contributed by atoms with van der Waals surface area (Å²) in [5, 5.41) is 8.70. The lowest BCUT2D eigenvalue weighted by atomic mass is 9.95. The highest BCUT2D eigenvalue weighted by molar-refractivity contribution is 7.59. The summed E-state index contributed by atoms with van der Waals surface area (Å²) >= 11 is 0. The number of fused-ring (bicyclic) bond motifs is 1. The van der Waals surface area contributed by atoms with Gasteiger partial charge in [0.05, 0.1) is 34.9 Å². The molecule has 0 bridgehead atoms. The van der Waals surface area contributed by atoms with Crippen LogP contribution in [0.15, 0.2) is 43.1 Å². The molecule has 1 amide bonds. The van der Waals surface area contributed by atoms with Crippen molar-refractivity contribution in [2.24, 2.45) is 0 Å². The molecule has 0 spiro atoms. The van der Waals surface area contributed by atoms with Gasteiger partial charge in [-0.25, -0.2) is 37.5 Å². The summed E-state index contributed by atoms with van der Waals surface area (Å²) in [5.41, 5.74) is 1.73. The average molecular weight is 632 g/mol. The van der Waals surface area contributed by atoms with Gasteiger partial charge in [0.2, 0.25) is 5.95 Å². The first kappa shape index (κ1) is 32.8. The van der Waals surface area contributed by atoms with E-state index in [1.807, 2.05) is 6.92 Å². The van der Waals surface area contributed by atoms with Gasteiger partial charge in [0.25, 0.3) is 12.3 Å². The molecule has 1 aliphatic rings. The molecule has 4 aromatic rings. The van der Waals surface area contributed by atoms with E-state index in [2.05, 4.69) is 40.9 Å². The summed E-state index contributed by atoms with van der Waals surface area (Å²) in [5.74, 6) is -1.59. The largest absolute Gasteiger partial charge is 0.369 e. The minimum atomic E-state index is -2.33. The molecule has 1 saturated heterocycles. The molecule has 1 fully saturated rings. The van der Waals surface area contributed by atoms with Crippen LogP contribution in [0.25, 0.3) is 22.2 Å². The van der Waals surface area contributed by atoms with Gasteiger partial charge in [-0.2, -0.15) is 13.5 Å². The predicted molar refractivity (Wildman–Crippen MR) is 164 cm³/mol. The van der Waals surface area contributed by atoms with Gasteiger partial charge in [-0.05, 0) is 24.5 Å². The van der Waals surface area contributed by atoms with E-state index in [0.29, 0.717) is 48.2 Å². The van der Waals surface area contributed by atoms with E-state index in [0.717, 1.165) is 19.0 Å². The van der Waals surface area contributed by atoms with E-state index in [1.165, 1.54) is 19.4 Å². The Morgan fingerprint density at radius 2 is 1.75 bits per heavy atom. The third-order valence-corrected chi connectivity index (χ3v) is 7.46. The van der Waals surface area contributed by atoms with E-state index in [1.54, 1.807) is 29.4 Å². The zero-order chi connectivity index (χ0) is 30.5. The highest BCUT2D eigenvalue weighted by Gasteiger charge is 2.23. The zero-order valence-corrected chi connectivity index (χ0v) is 25.1. The number of pyridine rings is 1. The number of amides is 1. The Morgan fingerprint density at radius 1 is 1.02 bits per heavy atom. The van der Waals surface area contributed by atoms with Crippen LogP contribution >= 0.6 is 13.5 Å². The second-order valence-electron chi connectivity index (χ2n) is 10.4. The Hall–Kier alpha value is -4.11. The first-order chi connectivity index (χ1) is 20.7. The molecular formula is C29H33F4N9OS. The summed E-state index contributed by atoms with van der Waals surface area (Å²) in [6, 6.07) is 4.64. The first-order valence-corrected chi connectivity index (χ1v) is 13.9. The van der Waals surface area contributed by atoms with Crippen molar-refractivity contribution >= 4 is 42.1 Å². The topological polar surface area (TPSA) is 121 Å². The Balaban J connectivity index is 0.00000442. The van der Waals surface area contributed by atoms with Crippen LogP contribution in [-0.4, -0.2) is 81.4 Å². The number of likely N-dealkylation sites (tertiary alicyclic amines) is 1. The van der Waals surface area contributed by atoms with Gasteiger partial charge in [-0.1, -0.05) is 13.0 Å². The Morgan fingerprint density at radius 3 is 2.43 bits per heavy atom. The molecule has 3 N–H and O–H groups in total. The Labute approximate surface area is 258 Å². The van der Waals surface area contributed by atoms with E-state index in [-0.39, 0.29) is 48.5 Å². The summed E-state index contributed by atoms with van der Waals surface area (Å²) < 4.78 is 54.4. The molecule has 3 aromatic heterocycles. The van der Waals surface area contributed by atoms with Crippen molar-refractivity contribution in [2.45, 2.75) is 38.2 Å². The lowest BCUT2D eigenvalue weighted by Gasteiger charge is -2.31. The molecule has 5 rings (SSSR count). The molecule has 10 nitrogen and oxygen atoms in total. The number of halogens is 4. The van der Waals surface area contributed by atoms with E-state index in [4.69, 9.17) is 0 Å². The van der Waals surface area contributed by atoms with Gasteiger partial charge >= 0.3 is 0 Å². The minimum absolute atomic E-state index is 0. The number of nitrogens with zero attached hydrogens (tertiary/aromatic N) is 6. The van der Waals surface area contributed by atoms with Gasteiger partial charge in [-0.3, -0.25) is 14.7 Å². The van der Waals surface area contributed by atoms with Crippen LogP contribution in [0.4, 0.5) is 29.3 Å². The average Bonchev–Trinajstić information content (AvgIpc) is 3.01. The van der Waals surface area contributed by atoms with Crippen molar-refractivity contribution in [1.29, 1.82) is 0 Å². The number of anilines is 2. The second-order valence-corrected chi connectivity index (χ2v) is 10.4. The summed E-state index contributed by atoms with van der Waals surface area (Å²) in [6.45, 7) is 3.27. The molecule has 0 saturated carbocycles. The highest BCUT2D eigenvalue weighted by atomic mass is 32.1. The van der Waals surface area contributed by atoms with Crippen LogP contribution in [-0.2, 0) is 0 Å². The lowest BCUT2D eigenvalue weighted by molar-refractivity contribution is 0.0769. The lowest BCUT2D eigenvalue weighted by Crippen LogP contribution is -2.41. The van der Waals surface area contributed by atoms with Crippen molar-refractivity contribution in [2.75, 3.05) is 43.9 Å². The number of nitrogens with one attached hydrogen (secondary N) is 3. The predicted octanol–water partition coefficient (Wildman–Crippen LogP) is 4.59. The molecule has 234 valence electrons. The fraction of sp³-hybridized carbons (Fsp3) is 0.379. The SMILES string of the molecule is CNC(=O)c1c(F)cnc2c([C@H](C)CNc3cc(-c4cnc(NC5CCN(CC(F)F)CC5)nc4)ncn3)ccc(F)c12.S. The molecule has 15 heteroatoms. The maximum Gasteiger partial charge on any atom is 0.254 e. The molecule has 1 atom stereocenters. The van der Waals surface area contributed by atoms with Gasteiger partial charge in [0.1, 0.15) is 18.0 Å². The summed E-state index contributed by atoms with van der Waals surface area (Å²) in [7, 11) is 1.35. The van der Waals surface area contributed by atoms with Gasteiger partial charge in [-0.15, -0.1) is 0 Å². The van der Waals surface area contributed by atoms with Crippen molar-refractivity contribution < 1.29 is 22.4 Å². The molecule has 4 heterocycles. The number of piperidine rings is 1. The van der Waals surface area contributed by atoms with E-state index >= 15 is 0 Å². The number of hydrogen-bond donors (Lipinski definition) is 3. The quantitative estimate of drug-likeness (QED) is 0.216. The maximum atomic E-state index is 14.8. The number of aromatic nitrogens is 5. The number of carbonyl (C=O) groups excluding carboxylic acids is 1. The highest BCUT2D eigenvalue weighted by Crippen LogP contribution is 2.30. The van der Waals surface area contributed by atoms with Crippen LogP contribution in [0.2, 0.25) is 0 Å². The van der Waals surface area contributed by atoms with Crippen molar-refractivity contribution in [3.05, 3.63) is 65.9 Å². The standard InChI is InChI=1S/C29H31F4N9O.H2S/c1-16(19-3-4-20(30)25-26(28(43)34-2)21(31)13-36-27(19)25)10-35-24-9-22(39-15-40-24)17-11-37-29(38-12-17)41-18-5-7-42(8-6-18)14-23(32)33;/h3-4,9,11-13,15-16,18,23H,5-8,10,14H2,1-2H3,(H,34,43)(H,35,39,40)(H,37,38,41);1H2/t16-;/m1./s1. The number of carbonyl (C=O) groups is 1. The van der Waals surface area contributed by atoms with Gasteiger partial charge in [0, 0.05) is 62.7 Å². The molecular weight excluding hydrogens is 598 g/mol. The second kappa shape index (κ2) is 14.6. The molecule has 0 unspecified atom stereocenters. The maximum absolute atomic E-state index is 14.8. The number of alkyl halides is 2. The Kier molecular flexibility index (Phi) is 10.9. The van der Waals surface area contributed by atoms with Crippen molar-refractivity contribution in [3.63, 3.8) is 0 Å². The minimum Gasteiger partial charge on any atom is -0.369 e. The van der Waals surface area contributed by atoms with Crippen LogP contribution in [0.1, 0.15) is 41.6 Å². The fourth-order valence-corrected chi connectivity index (χ4v) is 5.16. The van der Waals surface area contributed by atoms with Crippen LogP contribution in [0, 0.1) is 11.6 Å². The first-order valence-electron chi connectivity index (χ1n) is 13.9. The van der Waals surface area contributed by atoms with E-state index in [9.17, 15) is 22.4 Å². The fourth-order valence-electron chi connectivity index (χ4n) is 5.16.